The molecule has 0 radical (unpaired) electrons. The van der Waals surface area contributed by atoms with Crippen LogP contribution in [0.25, 0.3) is 0 Å². The number of likely N-dealkylation sites (N-methyl/N-ethyl adjacent to an activating group) is 1. The van der Waals surface area contributed by atoms with Crippen molar-refractivity contribution in [2.24, 2.45) is 0 Å². The smallest absolute Gasteiger partial charge is 0.309 e. The number of piperidine rings is 1. The molecular weight excluding hydrogens is 370 g/mol. The van der Waals surface area contributed by atoms with Crippen LogP contribution in [-0.2, 0) is 24.3 Å². The van der Waals surface area contributed by atoms with E-state index in [4.69, 9.17) is 4.55 Å². The molecule has 0 saturated carbocycles. The summed E-state index contributed by atoms with van der Waals surface area (Å²) in [4.78, 5) is 38.2. The number of rotatable bonds is 4. The first-order chi connectivity index (χ1) is 12.2. The molecule has 0 aromatic carbocycles. The van der Waals surface area contributed by atoms with E-state index in [9.17, 15) is 22.8 Å². The van der Waals surface area contributed by atoms with E-state index >= 15 is 0 Å². The molecule has 3 rings (SSSR count). The van der Waals surface area contributed by atoms with Gasteiger partial charge in [-0.15, -0.1) is 4.28 Å². The quantitative estimate of drug-likeness (QED) is 0.377. The lowest BCUT2D eigenvalue weighted by Gasteiger charge is -2.31. The molecule has 0 aromatic rings. The minimum atomic E-state index is -4.84. The molecule has 3 aliphatic rings. The topological polar surface area (TPSA) is 149 Å². The molecule has 13 heteroatoms. The first-order valence-electron chi connectivity index (χ1n) is 8.25. The average Bonchev–Trinajstić information content (AvgIpc) is 3.17. The fraction of sp³-hybridized carbons (Fsp3) is 0.769. The van der Waals surface area contributed by atoms with Gasteiger partial charge in [-0.2, -0.15) is 13.5 Å². The first kappa shape index (κ1) is 18.8. The predicted octanol–water partition coefficient (Wildman–Crippen LogP) is -1.77. The molecule has 2 unspecified atom stereocenters. The van der Waals surface area contributed by atoms with Gasteiger partial charge in [-0.3, -0.25) is 24.6 Å². The maximum atomic E-state index is 12.5. The highest BCUT2D eigenvalue weighted by Crippen LogP contribution is 2.30. The summed E-state index contributed by atoms with van der Waals surface area (Å²) >= 11 is 0. The number of urea groups is 1. The van der Waals surface area contributed by atoms with Gasteiger partial charge in [0, 0.05) is 13.6 Å². The van der Waals surface area contributed by atoms with Crippen molar-refractivity contribution in [1.29, 1.82) is 0 Å². The fourth-order valence-electron chi connectivity index (χ4n) is 3.53. The van der Waals surface area contributed by atoms with E-state index in [2.05, 4.69) is 15.0 Å². The first-order valence-corrected chi connectivity index (χ1v) is 9.62. The number of carbonyl (C=O) groups is 3. The lowest BCUT2D eigenvalue weighted by molar-refractivity contribution is -0.143. The predicted molar refractivity (Wildman–Crippen MR) is 85.3 cm³/mol. The molecule has 0 aromatic heterocycles. The molecule has 0 spiro atoms. The number of fused-ring (bicyclic) bond motifs is 2. The number of amides is 4. The van der Waals surface area contributed by atoms with Crippen molar-refractivity contribution in [1.82, 2.24) is 25.7 Å². The van der Waals surface area contributed by atoms with Crippen LogP contribution in [0.1, 0.15) is 25.7 Å². The maximum Gasteiger partial charge on any atom is 0.418 e. The molecule has 3 aliphatic heterocycles. The third kappa shape index (κ3) is 3.75. The van der Waals surface area contributed by atoms with E-state index in [1.165, 1.54) is 11.9 Å². The second-order valence-corrected chi connectivity index (χ2v) is 7.54. The van der Waals surface area contributed by atoms with E-state index in [0.717, 1.165) is 18.0 Å². The molecule has 12 nitrogen and oxygen atoms in total. The van der Waals surface area contributed by atoms with Gasteiger partial charge in [-0.1, -0.05) is 0 Å². The number of nitrogens with zero attached hydrogens (tertiary/aromatic N) is 3. The molecular formula is C13H21N5O7S. The van der Waals surface area contributed by atoms with Crippen LogP contribution in [0, 0.1) is 0 Å². The highest BCUT2D eigenvalue weighted by atomic mass is 32.3. The SMILES string of the molecule is CN(NC(=O)[C@@H]1CCC2CN1C(=O)N2OS(=O)(=O)O)C(=O)C1CCCN1. The van der Waals surface area contributed by atoms with Gasteiger partial charge >= 0.3 is 16.4 Å². The summed E-state index contributed by atoms with van der Waals surface area (Å²) in [6, 6.07) is -2.60. The Bertz CT molecular complexity index is 708. The second-order valence-electron chi connectivity index (χ2n) is 6.53. The number of hydrazine groups is 1. The Balaban J connectivity index is 1.62. The van der Waals surface area contributed by atoms with E-state index in [1.807, 2.05) is 0 Å². The summed E-state index contributed by atoms with van der Waals surface area (Å²) in [5.41, 5.74) is 2.48. The Kier molecular flexibility index (Phi) is 5.05. The largest absolute Gasteiger partial charge is 0.418 e. The van der Waals surface area contributed by atoms with Crippen LogP contribution in [0.3, 0.4) is 0 Å². The van der Waals surface area contributed by atoms with Crippen LogP contribution in [-0.4, -0.2) is 84.1 Å². The second kappa shape index (κ2) is 6.98. The standard InChI is InChI=1S/C13H21N5O7S/c1-16(12(20)9-3-2-6-14-9)15-11(19)10-5-4-8-7-17(10)13(21)18(8)25-26(22,23)24/h8-10,14H,2-7H2,1H3,(H,15,19)(H,22,23,24)/t8?,9?,10-/m0/s1. The third-order valence-electron chi connectivity index (χ3n) is 4.77. The highest BCUT2D eigenvalue weighted by molar-refractivity contribution is 7.80. The van der Waals surface area contributed by atoms with E-state index < -0.39 is 34.4 Å². The zero-order valence-electron chi connectivity index (χ0n) is 14.1. The van der Waals surface area contributed by atoms with Crippen LogP contribution in [0.5, 0.6) is 0 Å². The third-order valence-corrected chi connectivity index (χ3v) is 5.12. The Morgan fingerprint density at radius 3 is 2.69 bits per heavy atom. The lowest BCUT2D eigenvalue weighted by Crippen LogP contribution is -2.56. The zero-order valence-corrected chi connectivity index (χ0v) is 14.9. The van der Waals surface area contributed by atoms with Crippen molar-refractivity contribution in [3.05, 3.63) is 0 Å². The average molecular weight is 391 g/mol. The van der Waals surface area contributed by atoms with Gasteiger partial charge in [0.2, 0.25) is 0 Å². The highest BCUT2D eigenvalue weighted by Gasteiger charge is 2.49. The van der Waals surface area contributed by atoms with E-state index in [0.29, 0.717) is 17.9 Å². The number of hydrogen-bond acceptors (Lipinski definition) is 7. The Morgan fingerprint density at radius 1 is 1.35 bits per heavy atom. The zero-order chi connectivity index (χ0) is 19.1. The minimum absolute atomic E-state index is 0.0915. The van der Waals surface area contributed by atoms with Gasteiger partial charge in [-0.05, 0) is 32.2 Å². The van der Waals surface area contributed by atoms with Crippen molar-refractivity contribution in [2.75, 3.05) is 20.1 Å². The Labute approximate surface area is 150 Å². The van der Waals surface area contributed by atoms with Crippen LogP contribution in [0.4, 0.5) is 4.79 Å². The molecule has 4 amide bonds. The van der Waals surface area contributed by atoms with Crippen LogP contribution < -0.4 is 10.7 Å². The molecule has 3 heterocycles. The number of nitrogens with one attached hydrogen (secondary N) is 2. The minimum Gasteiger partial charge on any atom is -0.309 e. The fourth-order valence-corrected chi connectivity index (χ4v) is 3.92. The summed E-state index contributed by atoms with van der Waals surface area (Å²) in [6.45, 7) is 0.836. The van der Waals surface area contributed by atoms with E-state index in [1.54, 1.807) is 0 Å². The van der Waals surface area contributed by atoms with Crippen molar-refractivity contribution in [2.45, 2.75) is 43.8 Å². The van der Waals surface area contributed by atoms with E-state index in [-0.39, 0.29) is 24.9 Å². The number of carbonyl (C=O) groups excluding carboxylic acids is 3. The molecule has 26 heavy (non-hydrogen) atoms. The molecule has 0 aliphatic carbocycles. The maximum absolute atomic E-state index is 12.5. The van der Waals surface area contributed by atoms with Gasteiger partial charge in [0.15, 0.2) is 0 Å². The van der Waals surface area contributed by atoms with Crippen molar-refractivity contribution >= 4 is 28.2 Å². The van der Waals surface area contributed by atoms with Gasteiger partial charge in [0.05, 0.1) is 12.1 Å². The molecule has 146 valence electrons. The van der Waals surface area contributed by atoms with Crippen LogP contribution in [0.2, 0.25) is 0 Å². The molecule has 3 fully saturated rings. The van der Waals surface area contributed by atoms with Gasteiger partial charge in [-0.25, -0.2) is 4.79 Å². The lowest BCUT2D eigenvalue weighted by atomic mass is 10.0. The number of hydroxylamine groups is 2. The summed E-state index contributed by atoms with van der Waals surface area (Å²) < 4.78 is 34.8. The monoisotopic (exact) mass is 391 g/mol. The van der Waals surface area contributed by atoms with Gasteiger partial charge in [0.1, 0.15) is 6.04 Å². The summed E-state index contributed by atoms with van der Waals surface area (Å²) in [5.74, 6) is -0.812. The Hall–Kier alpha value is -1.96. The summed E-state index contributed by atoms with van der Waals surface area (Å²) in [7, 11) is -3.40. The molecule has 3 atom stereocenters. The summed E-state index contributed by atoms with van der Waals surface area (Å²) in [5, 5.41) is 4.71. The van der Waals surface area contributed by atoms with Gasteiger partial charge < -0.3 is 10.2 Å². The van der Waals surface area contributed by atoms with Gasteiger partial charge in [0.25, 0.3) is 11.8 Å². The van der Waals surface area contributed by atoms with Crippen molar-refractivity contribution < 1.29 is 31.6 Å². The Morgan fingerprint density at radius 2 is 2.08 bits per heavy atom. The normalized spacial score (nSPS) is 28.4. The van der Waals surface area contributed by atoms with Crippen molar-refractivity contribution in [3.63, 3.8) is 0 Å². The molecule has 3 N–H and O–H groups in total. The van der Waals surface area contributed by atoms with Crippen molar-refractivity contribution in [3.8, 4) is 0 Å². The number of hydrogen-bond donors (Lipinski definition) is 3. The molecule has 2 bridgehead atoms. The molecule has 3 saturated heterocycles. The summed E-state index contributed by atoms with van der Waals surface area (Å²) in [6.07, 6.45) is 2.17. The van der Waals surface area contributed by atoms with Crippen LogP contribution >= 0.6 is 0 Å². The van der Waals surface area contributed by atoms with Crippen LogP contribution in [0.15, 0.2) is 0 Å².